The van der Waals surface area contributed by atoms with Crippen LogP contribution in [0.15, 0.2) is 35.1 Å². The van der Waals surface area contributed by atoms with Crippen LogP contribution in [0.2, 0.25) is 0 Å². The third-order valence-corrected chi connectivity index (χ3v) is 3.31. The van der Waals surface area contributed by atoms with Crippen molar-refractivity contribution < 1.29 is 27.8 Å². The molecule has 2 atom stereocenters. The van der Waals surface area contributed by atoms with Crippen molar-refractivity contribution in [3.8, 4) is 0 Å². The van der Waals surface area contributed by atoms with Gasteiger partial charge in [0.1, 0.15) is 11.9 Å². The maximum absolute atomic E-state index is 12.5. The van der Waals surface area contributed by atoms with Gasteiger partial charge in [-0.1, -0.05) is 18.2 Å². The molecule has 0 aromatic carbocycles. The fourth-order valence-corrected chi connectivity index (χ4v) is 2.20. The van der Waals surface area contributed by atoms with Crippen LogP contribution in [-0.2, 0) is 9.53 Å². The smallest absolute Gasteiger partial charge is 0.395 e. The highest BCUT2D eigenvalue weighted by molar-refractivity contribution is 5.87. The third-order valence-electron chi connectivity index (χ3n) is 3.31. The van der Waals surface area contributed by atoms with Crippen LogP contribution in [0.3, 0.4) is 0 Å². The summed E-state index contributed by atoms with van der Waals surface area (Å²) in [5, 5.41) is 8.92. The predicted octanol–water partition coefficient (Wildman–Crippen LogP) is 3.20. The monoisotopic (exact) mass is 274 g/mol. The van der Waals surface area contributed by atoms with Crippen LogP contribution in [0.5, 0.6) is 0 Å². The largest absolute Gasteiger partial charge is 0.489 e. The number of hydrogen-bond donors (Lipinski definition) is 1. The summed E-state index contributed by atoms with van der Waals surface area (Å²) < 4.78 is 42.8. The van der Waals surface area contributed by atoms with Crippen LogP contribution in [0, 0.1) is 5.92 Å². The highest BCUT2D eigenvalue weighted by Crippen LogP contribution is 2.36. The van der Waals surface area contributed by atoms with E-state index in [1.54, 1.807) is 6.92 Å². The van der Waals surface area contributed by atoms with Crippen molar-refractivity contribution in [2.24, 2.45) is 5.92 Å². The van der Waals surface area contributed by atoms with E-state index >= 15 is 0 Å². The number of carbonyl (C=O) groups is 1. The number of hydrogen-bond acceptors (Lipinski definition) is 2. The lowest BCUT2D eigenvalue weighted by Crippen LogP contribution is -2.23. The average molecular weight is 274 g/mol. The Hall–Kier alpha value is -1.72. The highest BCUT2D eigenvalue weighted by atomic mass is 19.4. The molecule has 1 aliphatic heterocycles. The summed E-state index contributed by atoms with van der Waals surface area (Å²) in [7, 11) is 0. The third kappa shape index (κ3) is 2.83. The second kappa shape index (κ2) is 4.75. The lowest BCUT2D eigenvalue weighted by Gasteiger charge is -2.21. The molecule has 1 aliphatic carbocycles. The summed E-state index contributed by atoms with van der Waals surface area (Å²) in [4.78, 5) is 10.9. The van der Waals surface area contributed by atoms with E-state index in [9.17, 15) is 18.0 Å². The van der Waals surface area contributed by atoms with E-state index in [0.717, 1.165) is 6.08 Å². The molecule has 0 aromatic rings. The van der Waals surface area contributed by atoms with Crippen molar-refractivity contribution in [3.63, 3.8) is 0 Å². The molecule has 2 rings (SSSR count). The fourth-order valence-electron chi connectivity index (χ4n) is 2.20. The van der Waals surface area contributed by atoms with Crippen LogP contribution in [0.25, 0.3) is 0 Å². The van der Waals surface area contributed by atoms with E-state index in [4.69, 9.17) is 9.84 Å². The number of aliphatic carboxylic acids is 1. The number of allylic oxidation sites excluding steroid dienone is 3. The van der Waals surface area contributed by atoms with Gasteiger partial charge in [-0.05, 0) is 18.9 Å². The standard InChI is InChI=1S/C13H13F3O3/c1-7-10(12(17)18)6-11(19-7)8-2-4-9(5-3-8)13(14,15)16/h2-4,9,11H,5-6H2,1H3,(H,17,18). The lowest BCUT2D eigenvalue weighted by molar-refractivity contribution is -0.160. The number of carboxylic acids is 1. The molecule has 0 aromatic heterocycles. The van der Waals surface area contributed by atoms with Crippen molar-refractivity contribution in [2.75, 3.05) is 0 Å². The molecular weight excluding hydrogens is 261 g/mol. The quantitative estimate of drug-likeness (QED) is 0.841. The molecule has 2 aliphatic rings. The molecule has 6 heteroatoms. The Bertz CT molecular complexity index is 486. The minimum Gasteiger partial charge on any atom is -0.489 e. The van der Waals surface area contributed by atoms with Crippen molar-refractivity contribution in [3.05, 3.63) is 35.1 Å². The maximum atomic E-state index is 12.5. The van der Waals surface area contributed by atoms with Gasteiger partial charge in [-0.2, -0.15) is 13.2 Å². The van der Waals surface area contributed by atoms with Crippen LogP contribution in [-0.4, -0.2) is 23.4 Å². The zero-order valence-electron chi connectivity index (χ0n) is 10.2. The first kappa shape index (κ1) is 13.7. The van der Waals surface area contributed by atoms with Gasteiger partial charge in [0, 0.05) is 6.42 Å². The lowest BCUT2D eigenvalue weighted by atomic mass is 9.92. The molecular formula is C13H13F3O3. The minimum absolute atomic E-state index is 0.128. The van der Waals surface area contributed by atoms with E-state index in [1.165, 1.54) is 12.2 Å². The predicted molar refractivity (Wildman–Crippen MR) is 61.2 cm³/mol. The van der Waals surface area contributed by atoms with E-state index in [0.29, 0.717) is 11.3 Å². The van der Waals surface area contributed by atoms with Crippen molar-refractivity contribution in [1.82, 2.24) is 0 Å². The number of carboxylic acid groups (broad SMARTS) is 1. The van der Waals surface area contributed by atoms with Gasteiger partial charge in [-0.15, -0.1) is 0 Å². The van der Waals surface area contributed by atoms with Gasteiger partial charge in [0.25, 0.3) is 0 Å². The zero-order valence-corrected chi connectivity index (χ0v) is 10.2. The first-order valence-electron chi connectivity index (χ1n) is 5.83. The van der Waals surface area contributed by atoms with E-state index < -0.39 is 24.2 Å². The molecule has 0 saturated carbocycles. The summed E-state index contributed by atoms with van der Waals surface area (Å²) in [6.07, 6.45) is -0.713. The zero-order chi connectivity index (χ0) is 14.2. The second-order valence-electron chi connectivity index (χ2n) is 4.60. The normalized spacial score (nSPS) is 27.3. The van der Waals surface area contributed by atoms with Crippen LogP contribution in [0.1, 0.15) is 19.8 Å². The fraction of sp³-hybridized carbons (Fsp3) is 0.462. The van der Waals surface area contributed by atoms with Gasteiger partial charge in [-0.25, -0.2) is 4.79 Å². The van der Waals surface area contributed by atoms with Gasteiger partial charge < -0.3 is 9.84 Å². The summed E-state index contributed by atoms with van der Waals surface area (Å²) in [5.41, 5.74) is 0.786. The Labute approximate surface area is 108 Å². The van der Waals surface area contributed by atoms with Crippen molar-refractivity contribution in [1.29, 1.82) is 0 Å². The van der Waals surface area contributed by atoms with Gasteiger partial charge in [0.15, 0.2) is 0 Å². The van der Waals surface area contributed by atoms with Crippen LogP contribution < -0.4 is 0 Å². The second-order valence-corrected chi connectivity index (χ2v) is 4.60. The molecule has 0 saturated heterocycles. The molecule has 1 N–H and O–H groups in total. The summed E-state index contributed by atoms with van der Waals surface area (Å²) in [6.45, 7) is 1.55. The molecule has 0 bridgehead atoms. The molecule has 1 heterocycles. The summed E-state index contributed by atoms with van der Waals surface area (Å²) in [5.74, 6) is -2.19. The molecule has 3 nitrogen and oxygen atoms in total. The van der Waals surface area contributed by atoms with Crippen LogP contribution in [0.4, 0.5) is 13.2 Å². The molecule has 0 amide bonds. The number of ether oxygens (including phenoxy) is 1. The minimum atomic E-state index is -4.24. The number of rotatable bonds is 2. The van der Waals surface area contributed by atoms with Gasteiger partial charge in [0.2, 0.25) is 0 Å². The Morgan fingerprint density at radius 3 is 2.58 bits per heavy atom. The average Bonchev–Trinajstić information content (AvgIpc) is 2.70. The number of halogens is 3. The Balaban J connectivity index is 2.03. The Morgan fingerprint density at radius 2 is 2.16 bits per heavy atom. The van der Waals surface area contributed by atoms with E-state index in [-0.39, 0.29) is 18.4 Å². The maximum Gasteiger partial charge on any atom is 0.395 e. The number of alkyl halides is 3. The topological polar surface area (TPSA) is 46.5 Å². The van der Waals surface area contributed by atoms with E-state index in [2.05, 4.69) is 0 Å². The summed E-state index contributed by atoms with van der Waals surface area (Å²) in [6, 6.07) is 0. The highest BCUT2D eigenvalue weighted by Gasteiger charge is 2.39. The van der Waals surface area contributed by atoms with Crippen LogP contribution >= 0.6 is 0 Å². The van der Waals surface area contributed by atoms with Crippen molar-refractivity contribution >= 4 is 5.97 Å². The molecule has 0 radical (unpaired) electrons. The Kier molecular flexibility index (Phi) is 3.43. The summed E-state index contributed by atoms with van der Waals surface area (Å²) >= 11 is 0. The first-order chi connectivity index (χ1) is 8.79. The molecule has 0 spiro atoms. The molecule has 104 valence electrons. The first-order valence-corrected chi connectivity index (χ1v) is 5.83. The SMILES string of the molecule is CC1=C(C(=O)O)CC(C2=CCC(C(F)(F)F)C=C2)O1. The van der Waals surface area contributed by atoms with E-state index in [1.807, 2.05) is 0 Å². The molecule has 19 heavy (non-hydrogen) atoms. The van der Waals surface area contributed by atoms with Gasteiger partial charge in [-0.3, -0.25) is 0 Å². The molecule has 2 unspecified atom stereocenters. The van der Waals surface area contributed by atoms with Crippen molar-refractivity contribution in [2.45, 2.75) is 32.0 Å². The van der Waals surface area contributed by atoms with Gasteiger partial charge in [0.05, 0.1) is 11.5 Å². The van der Waals surface area contributed by atoms with Gasteiger partial charge >= 0.3 is 12.1 Å². The Morgan fingerprint density at radius 1 is 1.47 bits per heavy atom. The molecule has 0 fully saturated rings.